The van der Waals surface area contributed by atoms with Crippen LogP contribution in [0.15, 0.2) is 40.9 Å². The Morgan fingerprint density at radius 1 is 1.11 bits per heavy atom. The van der Waals surface area contributed by atoms with E-state index in [4.69, 9.17) is 23.2 Å². The van der Waals surface area contributed by atoms with Crippen LogP contribution in [-0.4, -0.2) is 5.78 Å². The average molecular weight is 362 g/mol. The molecule has 0 saturated carbocycles. The third-order valence-electron chi connectivity index (χ3n) is 2.58. The molecule has 5 heteroatoms. The largest absolute Gasteiger partial charge is 0.294 e. The van der Waals surface area contributed by atoms with Crippen molar-refractivity contribution in [2.24, 2.45) is 0 Å². The lowest BCUT2D eigenvalue weighted by Crippen LogP contribution is -2.04. The normalized spacial score (nSPS) is 10.5. The lowest BCUT2D eigenvalue weighted by atomic mass is 10.0. The van der Waals surface area contributed by atoms with E-state index in [0.29, 0.717) is 16.1 Å². The maximum atomic E-state index is 13.0. The Hall–Kier alpha value is -0.900. The van der Waals surface area contributed by atoms with E-state index < -0.39 is 5.82 Å². The molecule has 0 atom stereocenters. The second-order valence-corrected chi connectivity index (χ2v) is 5.70. The van der Waals surface area contributed by atoms with Crippen molar-refractivity contribution in [3.63, 3.8) is 0 Å². The zero-order chi connectivity index (χ0) is 14.0. The van der Waals surface area contributed by atoms with Crippen molar-refractivity contribution in [2.75, 3.05) is 0 Å². The molecule has 0 aliphatic carbocycles. The van der Waals surface area contributed by atoms with Crippen LogP contribution in [0, 0.1) is 5.82 Å². The zero-order valence-corrected chi connectivity index (χ0v) is 12.7. The summed E-state index contributed by atoms with van der Waals surface area (Å²) in [5, 5.41) is 0.389. The maximum Gasteiger partial charge on any atom is 0.168 e. The fourth-order valence-electron chi connectivity index (χ4n) is 1.65. The Bertz CT molecular complexity index is 643. The third kappa shape index (κ3) is 3.56. The first kappa shape index (κ1) is 14.5. The van der Waals surface area contributed by atoms with Gasteiger partial charge in [0, 0.05) is 16.5 Å². The smallest absolute Gasteiger partial charge is 0.168 e. The van der Waals surface area contributed by atoms with Gasteiger partial charge in [-0.1, -0.05) is 45.2 Å². The molecule has 0 spiro atoms. The van der Waals surface area contributed by atoms with Crippen molar-refractivity contribution >= 4 is 44.9 Å². The molecule has 2 rings (SSSR count). The van der Waals surface area contributed by atoms with Gasteiger partial charge in [-0.25, -0.2) is 4.39 Å². The predicted octanol–water partition coefficient (Wildman–Crippen LogP) is 5.32. The molecule has 98 valence electrons. The molecule has 0 radical (unpaired) electrons. The average Bonchev–Trinajstić information content (AvgIpc) is 2.33. The van der Waals surface area contributed by atoms with Crippen LogP contribution in [0.1, 0.15) is 15.9 Å². The van der Waals surface area contributed by atoms with Crippen LogP contribution in [0.25, 0.3) is 0 Å². The van der Waals surface area contributed by atoms with Gasteiger partial charge in [0.2, 0.25) is 0 Å². The van der Waals surface area contributed by atoms with Crippen molar-refractivity contribution in [3.8, 4) is 0 Å². The van der Waals surface area contributed by atoms with E-state index in [1.54, 1.807) is 18.2 Å². The van der Waals surface area contributed by atoms with Gasteiger partial charge in [-0.05, 0) is 35.9 Å². The molecule has 2 aromatic rings. The van der Waals surface area contributed by atoms with E-state index in [9.17, 15) is 9.18 Å². The Morgan fingerprint density at radius 3 is 2.47 bits per heavy atom. The van der Waals surface area contributed by atoms with Crippen LogP contribution in [-0.2, 0) is 6.42 Å². The molecular formula is C14H8BrCl2FO. The standard InChI is InChI=1S/C14H8BrCl2FO/c15-9-2-3-10(11(16)7-9)14(19)6-8-1-4-13(18)12(17)5-8/h1-5,7H,6H2. The van der Waals surface area contributed by atoms with Gasteiger partial charge in [0.1, 0.15) is 5.82 Å². The minimum atomic E-state index is -0.500. The predicted molar refractivity (Wildman–Crippen MR) is 78.6 cm³/mol. The van der Waals surface area contributed by atoms with Crippen molar-refractivity contribution < 1.29 is 9.18 Å². The number of ketones is 1. The highest BCUT2D eigenvalue weighted by Crippen LogP contribution is 2.23. The van der Waals surface area contributed by atoms with Gasteiger partial charge in [-0.15, -0.1) is 0 Å². The van der Waals surface area contributed by atoms with Crippen molar-refractivity contribution in [1.82, 2.24) is 0 Å². The van der Waals surface area contributed by atoms with E-state index in [2.05, 4.69) is 15.9 Å². The van der Waals surface area contributed by atoms with Gasteiger partial charge in [-0.3, -0.25) is 4.79 Å². The van der Waals surface area contributed by atoms with Crippen molar-refractivity contribution in [3.05, 3.63) is 67.9 Å². The summed E-state index contributed by atoms with van der Waals surface area (Å²) >= 11 is 15.0. The highest BCUT2D eigenvalue weighted by atomic mass is 79.9. The highest BCUT2D eigenvalue weighted by Gasteiger charge is 2.12. The molecular weight excluding hydrogens is 354 g/mol. The quantitative estimate of drug-likeness (QED) is 0.676. The molecule has 0 unspecified atom stereocenters. The summed E-state index contributed by atoms with van der Waals surface area (Å²) in [4.78, 5) is 12.1. The number of carbonyl (C=O) groups excluding carboxylic acids is 1. The van der Waals surface area contributed by atoms with E-state index in [0.717, 1.165) is 4.47 Å². The first-order valence-corrected chi connectivity index (χ1v) is 6.94. The number of Topliss-reactive ketones (excluding diaryl/α,β-unsaturated/α-hetero) is 1. The highest BCUT2D eigenvalue weighted by molar-refractivity contribution is 9.10. The number of rotatable bonds is 3. The van der Waals surface area contributed by atoms with Gasteiger partial charge in [0.15, 0.2) is 5.78 Å². The summed E-state index contributed by atoms with van der Waals surface area (Å²) in [6, 6.07) is 9.28. The molecule has 0 aromatic heterocycles. The van der Waals surface area contributed by atoms with Gasteiger partial charge in [0.05, 0.1) is 10.0 Å². The molecule has 19 heavy (non-hydrogen) atoms. The van der Waals surface area contributed by atoms with Crippen LogP contribution in [0.3, 0.4) is 0 Å². The molecule has 0 saturated heterocycles. The maximum absolute atomic E-state index is 13.0. The fourth-order valence-corrected chi connectivity index (χ4v) is 2.63. The first-order valence-electron chi connectivity index (χ1n) is 5.39. The second kappa shape index (κ2) is 6.04. The Morgan fingerprint density at radius 2 is 1.84 bits per heavy atom. The number of hydrogen-bond acceptors (Lipinski definition) is 1. The Kier molecular flexibility index (Phi) is 4.61. The molecule has 2 aromatic carbocycles. The van der Waals surface area contributed by atoms with E-state index >= 15 is 0 Å². The van der Waals surface area contributed by atoms with E-state index in [1.165, 1.54) is 18.2 Å². The monoisotopic (exact) mass is 360 g/mol. The minimum absolute atomic E-state index is 0.00667. The van der Waals surface area contributed by atoms with Crippen LogP contribution >= 0.6 is 39.1 Å². The fraction of sp³-hybridized carbons (Fsp3) is 0.0714. The molecule has 0 amide bonds. The summed E-state index contributed by atoms with van der Waals surface area (Å²) in [5.74, 6) is -0.639. The minimum Gasteiger partial charge on any atom is -0.294 e. The molecule has 1 nitrogen and oxygen atoms in total. The zero-order valence-electron chi connectivity index (χ0n) is 9.59. The first-order chi connectivity index (χ1) is 8.97. The summed E-state index contributed by atoms with van der Waals surface area (Å²) < 4.78 is 13.8. The SMILES string of the molecule is O=C(Cc1ccc(F)c(Cl)c1)c1ccc(Br)cc1Cl. The molecule has 0 aliphatic rings. The molecule has 0 aliphatic heterocycles. The van der Waals surface area contributed by atoms with Crippen LogP contribution < -0.4 is 0 Å². The number of hydrogen-bond donors (Lipinski definition) is 0. The van der Waals surface area contributed by atoms with Gasteiger partial charge in [-0.2, -0.15) is 0 Å². The summed E-state index contributed by atoms with van der Waals surface area (Å²) in [5.41, 5.74) is 1.08. The Balaban J connectivity index is 2.23. The topological polar surface area (TPSA) is 17.1 Å². The molecule has 0 fully saturated rings. The number of carbonyl (C=O) groups is 1. The van der Waals surface area contributed by atoms with E-state index in [-0.39, 0.29) is 17.2 Å². The summed E-state index contributed by atoms with van der Waals surface area (Å²) in [7, 11) is 0. The second-order valence-electron chi connectivity index (χ2n) is 3.97. The molecule has 0 bridgehead atoms. The third-order valence-corrected chi connectivity index (χ3v) is 3.68. The Labute approximate surface area is 128 Å². The number of benzene rings is 2. The summed E-state index contributed by atoms with van der Waals surface area (Å²) in [6.07, 6.45) is 0.126. The van der Waals surface area contributed by atoms with Crippen LogP contribution in [0.2, 0.25) is 10.0 Å². The van der Waals surface area contributed by atoms with Gasteiger partial charge in [0.25, 0.3) is 0 Å². The van der Waals surface area contributed by atoms with Crippen molar-refractivity contribution in [2.45, 2.75) is 6.42 Å². The van der Waals surface area contributed by atoms with Gasteiger partial charge < -0.3 is 0 Å². The number of halogens is 4. The van der Waals surface area contributed by atoms with Crippen LogP contribution in [0.4, 0.5) is 4.39 Å². The summed E-state index contributed by atoms with van der Waals surface area (Å²) in [6.45, 7) is 0. The lowest BCUT2D eigenvalue weighted by molar-refractivity contribution is 0.0993. The molecule has 0 heterocycles. The van der Waals surface area contributed by atoms with Gasteiger partial charge >= 0.3 is 0 Å². The van der Waals surface area contributed by atoms with Crippen LogP contribution in [0.5, 0.6) is 0 Å². The lowest BCUT2D eigenvalue weighted by Gasteiger charge is -2.05. The van der Waals surface area contributed by atoms with E-state index in [1.807, 2.05) is 0 Å². The van der Waals surface area contributed by atoms with Crippen molar-refractivity contribution in [1.29, 1.82) is 0 Å². The molecule has 0 N–H and O–H groups in total.